The number of rotatable bonds is 7. The summed E-state index contributed by atoms with van der Waals surface area (Å²) in [6.45, 7) is 2.19. The Balaban J connectivity index is 1.19. The van der Waals surface area contributed by atoms with Crippen LogP contribution in [0.25, 0.3) is 17.5 Å². The molecule has 1 amide bonds. The summed E-state index contributed by atoms with van der Waals surface area (Å²) in [5.41, 5.74) is 8.52. The number of pyridine rings is 1. The number of carbonyl (C=O) groups excluding carboxylic acids is 2. The van der Waals surface area contributed by atoms with Gasteiger partial charge in [-0.25, -0.2) is 15.0 Å². The highest BCUT2D eigenvalue weighted by Gasteiger charge is 2.27. The quantitative estimate of drug-likeness (QED) is 0.470. The topological polar surface area (TPSA) is 121 Å². The number of amides is 1. The van der Waals surface area contributed by atoms with E-state index in [1.807, 2.05) is 12.1 Å². The van der Waals surface area contributed by atoms with Gasteiger partial charge in [-0.15, -0.1) is 0 Å². The number of allylic oxidation sites excluding steroid dienone is 1. The van der Waals surface area contributed by atoms with Crippen LogP contribution in [0.1, 0.15) is 34.3 Å². The molecule has 0 aliphatic carbocycles. The highest BCUT2D eigenvalue weighted by molar-refractivity contribution is 6.32. The van der Waals surface area contributed by atoms with Gasteiger partial charge in [0.15, 0.2) is 11.6 Å². The monoisotopic (exact) mass is 519 g/mol. The van der Waals surface area contributed by atoms with E-state index in [4.69, 9.17) is 26.8 Å². The second-order valence-corrected chi connectivity index (χ2v) is 9.35. The number of benzene rings is 1. The maximum absolute atomic E-state index is 12.6. The molecule has 1 fully saturated rings. The zero-order chi connectivity index (χ0) is 25.8. The van der Waals surface area contributed by atoms with Gasteiger partial charge in [-0.3, -0.25) is 9.59 Å². The highest BCUT2D eigenvalue weighted by atomic mass is 35.5. The SMILES string of the molecule is Nc1ccc(/C=C/C(=O)CCC2Cc3cc(-c4ncc(C(=O)N5CCOCC5)cn4)cc(Cl)c3O2)cn1. The summed E-state index contributed by atoms with van der Waals surface area (Å²) in [5.74, 6) is 1.44. The van der Waals surface area contributed by atoms with Crippen molar-refractivity contribution < 1.29 is 19.1 Å². The van der Waals surface area contributed by atoms with Gasteiger partial charge in [-0.1, -0.05) is 11.6 Å². The minimum atomic E-state index is -0.146. The predicted octanol–water partition coefficient (Wildman–Crippen LogP) is 3.61. The Labute approximate surface area is 219 Å². The Bertz CT molecular complexity index is 1320. The van der Waals surface area contributed by atoms with Crippen molar-refractivity contribution >= 4 is 35.2 Å². The van der Waals surface area contributed by atoms with Crippen LogP contribution in [0.15, 0.2) is 48.9 Å². The number of anilines is 1. The molecule has 9 nitrogen and oxygen atoms in total. The van der Waals surface area contributed by atoms with E-state index in [-0.39, 0.29) is 17.8 Å². The van der Waals surface area contributed by atoms with E-state index in [0.717, 1.165) is 16.7 Å². The highest BCUT2D eigenvalue weighted by Crippen LogP contribution is 2.40. The zero-order valence-corrected chi connectivity index (χ0v) is 20.9. The van der Waals surface area contributed by atoms with Gasteiger partial charge in [0.25, 0.3) is 5.91 Å². The first-order chi connectivity index (χ1) is 18.0. The van der Waals surface area contributed by atoms with Crippen molar-refractivity contribution in [2.24, 2.45) is 0 Å². The number of hydrogen-bond donors (Lipinski definition) is 1. The van der Waals surface area contributed by atoms with Crippen molar-refractivity contribution in [2.75, 3.05) is 32.0 Å². The molecular weight excluding hydrogens is 494 g/mol. The smallest absolute Gasteiger partial charge is 0.257 e. The van der Waals surface area contributed by atoms with Crippen LogP contribution in [0.2, 0.25) is 5.02 Å². The Hall–Kier alpha value is -3.82. The van der Waals surface area contributed by atoms with E-state index >= 15 is 0 Å². The van der Waals surface area contributed by atoms with Gasteiger partial charge < -0.3 is 20.1 Å². The maximum atomic E-state index is 12.6. The molecule has 2 aliphatic rings. The minimum Gasteiger partial charge on any atom is -0.488 e. The molecule has 2 aromatic heterocycles. The summed E-state index contributed by atoms with van der Waals surface area (Å²) in [4.78, 5) is 39.5. The number of nitrogens with zero attached hydrogens (tertiary/aromatic N) is 4. The van der Waals surface area contributed by atoms with E-state index in [2.05, 4.69) is 15.0 Å². The second-order valence-electron chi connectivity index (χ2n) is 8.94. The van der Waals surface area contributed by atoms with E-state index in [1.165, 1.54) is 0 Å². The predicted molar refractivity (Wildman–Crippen MR) is 139 cm³/mol. The Kier molecular flexibility index (Phi) is 7.43. The van der Waals surface area contributed by atoms with Crippen molar-refractivity contribution in [3.63, 3.8) is 0 Å². The molecule has 0 radical (unpaired) electrons. The minimum absolute atomic E-state index is 0.00304. The van der Waals surface area contributed by atoms with Crippen molar-refractivity contribution in [3.05, 3.63) is 70.6 Å². The summed E-state index contributed by atoms with van der Waals surface area (Å²) in [5, 5.41) is 0.467. The van der Waals surface area contributed by atoms with Gasteiger partial charge in [0, 0.05) is 55.6 Å². The van der Waals surface area contributed by atoms with Crippen molar-refractivity contribution in [1.29, 1.82) is 0 Å². The lowest BCUT2D eigenvalue weighted by Crippen LogP contribution is -2.40. The molecule has 0 saturated carbocycles. The van der Waals surface area contributed by atoms with Gasteiger partial charge in [-0.2, -0.15) is 0 Å². The molecule has 5 rings (SSSR count). The molecule has 0 bridgehead atoms. The lowest BCUT2D eigenvalue weighted by atomic mass is 10.0. The molecule has 1 aromatic carbocycles. The molecule has 2 N–H and O–H groups in total. The molecule has 3 aromatic rings. The molecule has 2 aliphatic heterocycles. The lowest BCUT2D eigenvalue weighted by molar-refractivity contribution is -0.115. The Morgan fingerprint density at radius 1 is 1.11 bits per heavy atom. The molecule has 4 heterocycles. The molecule has 1 unspecified atom stereocenters. The largest absolute Gasteiger partial charge is 0.488 e. The van der Waals surface area contributed by atoms with Crippen LogP contribution in [0.3, 0.4) is 0 Å². The van der Waals surface area contributed by atoms with Crippen LogP contribution >= 0.6 is 11.6 Å². The van der Waals surface area contributed by atoms with Gasteiger partial charge in [-0.05, 0) is 48.4 Å². The van der Waals surface area contributed by atoms with Crippen LogP contribution in [0.4, 0.5) is 5.82 Å². The van der Waals surface area contributed by atoms with Crippen LogP contribution in [-0.2, 0) is 16.0 Å². The first-order valence-corrected chi connectivity index (χ1v) is 12.4. The van der Waals surface area contributed by atoms with E-state index < -0.39 is 0 Å². The summed E-state index contributed by atoms with van der Waals surface area (Å²) < 4.78 is 11.3. The Morgan fingerprint density at radius 3 is 2.62 bits per heavy atom. The summed E-state index contributed by atoms with van der Waals surface area (Å²) in [7, 11) is 0. The van der Waals surface area contributed by atoms with Crippen LogP contribution in [0, 0.1) is 0 Å². The second kappa shape index (κ2) is 11.1. The van der Waals surface area contributed by atoms with Crippen LogP contribution in [0.5, 0.6) is 5.75 Å². The fourth-order valence-corrected chi connectivity index (χ4v) is 4.59. The number of morpholine rings is 1. The third-order valence-corrected chi connectivity index (χ3v) is 6.57. The average molecular weight is 520 g/mol. The van der Waals surface area contributed by atoms with Crippen LogP contribution < -0.4 is 10.5 Å². The molecule has 1 saturated heterocycles. The van der Waals surface area contributed by atoms with Gasteiger partial charge >= 0.3 is 0 Å². The number of fused-ring (bicyclic) bond motifs is 1. The van der Waals surface area contributed by atoms with Gasteiger partial charge in [0.2, 0.25) is 0 Å². The molecule has 1 atom stereocenters. The number of ether oxygens (including phenoxy) is 2. The number of aromatic nitrogens is 3. The normalized spacial score (nSPS) is 17.0. The first kappa shape index (κ1) is 24.9. The van der Waals surface area contributed by atoms with Crippen molar-refractivity contribution in [1.82, 2.24) is 19.9 Å². The van der Waals surface area contributed by atoms with Crippen molar-refractivity contribution in [3.8, 4) is 17.1 Å². The maximum Gasteiger partial charge on any atom is 0.257 e. The van der Waals surface area contributed by atoms with E-state index in [9.17, 15) is 9.59 Å². The Morgan fingerprint density at radius 2 is 1.89 bits per heavy atom. The average Bonchev–Trinajstić information content (AvgIpc) is 3.35. The zero-order valence-electron chi connectivity index (χ0n) is 20.1. The summed E-state index contributed by atoms with van der Waals surface area (Å²) >= 11 is 6.52. The number of nitrogen functional groups attached to an aromatic ring is 1. The third-order valence-electron chi connectivity index (χ3n) is 6.29. The molecule has 0 spiro atoms. The molecule has 190 valence electrons. The lowest BCUT2D eigenvalue weighted by Gasteiger charge is -2.26. The number of nitrogens with two attached hydrogens (primary N) is 1. The van der Waals surface area contributed by atoms with E-state index in [1.54, 1.807) is 47.8 Å². The number of carbonyl (C=O) groups is 2. The number of ketones is 1. The van der Waals surface area contributed by atoms with Crippen molar-refractivity contribution in [2.45, 2.75) is 25.4 Å². The molecule has 37 heavy (non-hydrogen) atoms. The third kappa shape index (κ3) is 5.95. The fourth-order valence-electron chi connectivity index (χ4n) is 4.31. The van der Waals surface area contributed by atoms with E-state index in [0.29, 0.717) is 73.5 Å². The van der Waals surface area contributed by atoms with Gasteiger partial charge in [0.1, 0.15) is 17.7 Å². The molecule has 10 heteroatoms. The first-order valence-electron chi connectivity index (χ1n) is 12.1. The standard InChI is InChI=1S/C27H26ClN5O4/c28-23-13-19(26-31-15-20(16-32-26)27(35)33-7-9-36-10-8-33)11-18-12-22(37-25(18)23)5-4-21(34)3-1-17-2-6-24(29)30-14-17/h1-3,6,11,13-16,22H,4-5,7-10,12H2,(H2,29,30)/b3-1+. The summed E-state index contributed by atoms with van der Waals surface area (Å²) in [6.07, 6.45) is 9.38. The van der Waals surface area contributed by atoms with Gasteiger partial charge in [0.05, 0.1) is 23.8 Å². The fraction of sp³-hybridized carbons (Fsp3) is 0.296. The van der Waals surface area contributed by atoms with Crippen LogP contribution in [-0.4, -0.2) is 63.9 Å². The molecular formula is C27H26ClN5O4. The number of halogens is 1. The summed E-state index contributed by atoms with van der Waals surface area (Å²) in [6, 6.07) is 7.21. The number of hydrogen-bond acceptors (Lipinski definition) is 8.